The van der Waals surface area contributed by atoms with Crippen molar-refractivity contribution in [1.82, 2.24) is 9.97 Å². The summed E-state index contributed by atoms with van der Waals surface area (Å²) in [6, 6.07) is 43.1. The second-order valence-corrected chi connectivity index (χ2v) is 25.4. The van der Waals surface area contributed by atoms with E-state index in [9.17, 15) is 48.1 Å². The van der Waals surface area contributed by atoms with Crippen molar-refractivity contribution in [2.75, 3.05) is 34.3 Å². The second kappa shape index (κ2) is 28.1. The number of hydrogen-bond donors (Lipinski definition) is 3. The monoisotopic (exact) mass is 1350 g/mol. The summed E-state index contributed by atoms with van der Waals surface area (Å²) >= 11 is 21.2. The smallest absolute Gasteiger partial charge is 0.387 e. The summed E-state index contributed by atoms with van der Waals surface area (Å²) in [5.74, 6) is 0.687. The van der Waals surface area contributed by atoms with E-state index in [0.717, 1.165) is 28.0 Å². The van der Waals surface area contributed by atoms with Crippen LogP contribution >= 0.6 is 57.5 Å². The van der Waals surface area contributed by atoms with Crippen LogP contribution in [0, 0.1) is 34.8 Å². The SMILES string of the molecule is Cc1ccc[n+]([O-])c1Oc1cc([C@H]2CC(=O)N(c3ccc(S(N)(=O)=O)cc3)C2)ccc1Cl.N#Cc1ccccc1Oc1cc([C@H]2CC(=O)N(c3csc(C(N)=O)n3)C2)ccc1Cl.N#Cc1ccccc1Oc1cc([C@H]2CC(=O)N(c3nc(C(N)=O)cs3)C2)ccc1Cl. The van der Waals surface area contributed by atoms with Crippen LogP contribution in [0.2, 0.25) is 15.1 Å². The number of carbonyl (C=O) groups excluding carboxylic acids is 5. The van der Waals surface area contributed by atoms with Crippen molar-refractivity contribution < 1.29 is 51.3 Å². The van der Waals surface area contributed by atoms with Gasteiger partial charge in [-0.2, -0.15) is 10.5 Å². The number of ether oxygens (including phenoxy) is 3. The minimum absolute atomic E-state index is 0.0178. The molecule has 3 aliphatic heterocycles. The molecule has 22 nitrogen and oxygen atoms in total. The van der Waals surface area contributed by atoms with Gasteiger partial charge < -0.3 is 35.8 Å². The summed E-state index contributed by atoms with van der Waals surface area (Å²) in [6.45, 7) is 2.99. The van der Waals surface area contributed by atoms with Crippen molar-refractivity contribution in [1.29, 1.82) is 10.5 Å². The third-order valence-corrected chi connectivity index (χ3v) is 18.4. The van der Waals surface area contributed by atoms with Crippen molar-refractivity contribution in [2.45, 2.75) is 48.8 Å². The lowest BCUT2D eigenvalue weighted by Crippen LogP contribution is -2.28. The summed E-state index contributed by atoms with van der Waals surface area (Å²) in [5, 5.41) is 40.7. The van der Waals surface area contributed by atoms with Gasteiger partial charge in [0.15, 0.2) is 22.1 Å². The third-order valence-electron chi connectivity index (χ3n) is 14.9. The number of nitrogens with zero attached hydrogens (tertiary/aromatic N) is 8. The highest BCUT2D eigenvalue weighted by Gasteiger charge is 2.36. The number of para-hydroxylation sites is 2. The Balaban J connectivity index is 0.000000151. The highest BCUT2D eigenvalue weighted by molar-refractivity contribution is 7.89. The number of benzene rings is 6. The number of primary sulfonamides is 1. The molecule has 0 saturated carbocycles. The van der Waals surface area contributed by atoms with Gasteiger partial charge in [-0.1, -0.05) is 77.3 Å². The zero-order valence-corrected chi connectivity index (χ0v) is 52.9. The standard InChI is InChI=1S/C22H20ClN3O5S.2C21H15ClN4O3S/c1-14-3-2-10-26(28)22(14)31-20-11-15(4-9-19(20)23)16-12-21(27)25(13-16)17-5-7-18(8-6-17)32(24,29)30;22-15-6-5-12(7-18(15)29-17-4-2-1-3-13(17)9-23)14-8-19(27)26(10-14)21-25-16(11-30-21)20(24)28;22-15-6-5-12(7-17(15)29-16-4-2-1-3-13(16)9-23)14-8-19(27)26(10-14)18-11-30-21(25-18)20(24)28/h2-11,16H,12-13H2,1H3,(H2,24,29,30);2*1-7,11,14H,8,10H2,(H2,24,28)/t16-;2*14-/m000/s1. The Morgan fingerprint density at radius 3 is 1.55 bits per heavy atom. The summed E-state index contributed by atoms with van der Waals surface area (Å²) in [4.78, 5) is 73.3. The summed E-state index contributed by atoms with van der Waals surface area (Å²) in [7, 11) is -3.81. The van der Waals surface area contributed by atoms with Crippen molar-refractivity contribution in [2.24, 2.45) is 16.6 Å². The molecule has 6 N–H and O–H groups in total. The number of carbonyl (C=O) groups is 5. The number of thiazole rings is 2. The van der Waals surface area contributed by atoms with Crippen molar-refractivity contribution in [3.63, 3.8) is 0 Å². The largest absolute Gasteiger partial charge is 0.616 e. The van der Waals surface area contributed by atoms with Crippen LogP contribution in [0.25, 0.3) is 0 Å². The number of nitrogens with two attached hydrogens (primary N) is 3. The van der Waals surface area contributed by atoms with Crippen LogP contribution in [0.5, 0.6) is 34.6 Å². The second-order valence-electron chi connectivity index (χ2n) is 20.9. The number of nitriles is 2. The molecular weight excluding hydrogens is 1300 g/mol. The molecule has 12 rings (SSSR count). The van der Waals surface area contributed by atoms with Crippen LogP contribution in [0.15, 0.2) is 161 Å². The molecule has 6 aromatic carbocycles. The maximum absolute atomic E-state index is 12.7. The van der Waals surface area contributed by atoms with Crippen LogP contribution in [0.4, 0.5) is 16.6 Å². The minimum atomic E-state index is -3.81. The van der Waals surface area contributed by atoms with Gasteiger partial charge in [-0.05, 0) is 115 Å². The van der Waals surface area contributed by atoms with Crippen molar-refractivity contribution in [3.8, 4) is 46.8 Å². The first-order chi connectivity index (χ1) is 44.0. The lowest BCUT2D eigenvalue weighted by Gasteiger charge is -2.18. The first kappa shape index (κ1) is 65.0. The first-order valence-corrected chi connectivity index (χ1v) is 32.1. The summed E-state index contributed by atoms with van der Waals surface area (Å²) in [6.07, 6.45) is 2.19. The van der Waals surface area contributed by atoms with Gasteiger partial charge in [-0.3, -0.25) is 33.8 Å². The molecule has 3 fully saturated rings. The van der Waals surface area contributed by atoms with Gasteiger partial charge >= 0.3 is 5.88 Å². The Labute approximate surface area is 549 Å². The molecule has 9 aromatic rings. The van der Waals surface area contributed by atoms with E-state index in [2.05, 4.69) is 22.1 Å². The topological polar surface area (TPSA) is 335 Å². The molecule has 3 saturated heterocycles. The minimum Gasteiger partial charge on any atom is -0.616 e. The molecule has 0 aliphatic carbocycles. The molecule has 28 heteroatoms. The number of aromatic nitrogens is 3. The van der Waals surface area contributed by atoms with E-state index >= 15 is 0 Å². The Morgan fingerprint density at radius 1 is 0.609 bits per heavy atom. The van der Waals surface area contributed by atoms with Crippen LogP contribution in [-0.4, -0.2) is 67.6 Å². The lowest BCUT2D eigenvalue weighted by atomic mass is 9.98. The average Bonchev–Trinajstić information content (AvgIpc) is 1.66. The fourth-order valence-corrected chi connectivity index (χ4v) is 12.6. The zero-order chi connectivity index (χ0) is 65.5. The van der Waals surface area contributed by atoms with Gasteiger partial charge in [0, 0.05) is 79.2 Å². The number of anilines is 3. The maximum atomic E-state index is 12.7. The molecule has 92 heavy (non-hydrogen) atoms. The van der Waals surface area contributed by atoms with Gasteiger partial charge in [-0.25, -0.2) is 23.5 Å². The number of hydrogen-bond acceptors (Lipinski definition) is 17. The quantitative estimate of drug-likeness (QED) is 0.0634. The van der Waals surface area contributed by atoms with Gasteiger partial charge in [0.1, 0.15) is 46.6 Å². The number of rotatable bonds is 15. The van der Waals surface area contributed by atoms with Gasteiger partial charge in [0.2, 0.25) is 27.7 Å². The van der Waals surface area contributed by atoms with E-state index in [-0.39, 0.29) is 63.4 Å². The van der Waals surface area contributed by atoms with Crippen molar-refractivity contribution in [3.05, 3.63) is 221 Å². The van der Waals surface area contributed by atoms with Crippen LogP contribution < -0.4 is 50.2 Å². The van der Waals surface area contributed by atoms with Gasteiger partial charge in [0.25, 0.3) is 11.8 Å². The Morgan fingerprint density at radius 2 is 1.09 bits per heavy atom. The normalized spacial score (nSPS) is 16.0. The molecule has 5 amide bonds. The fraction of sp³-hybridized carbons (Fsp3) is 0.156. The molecule has 3 aliphatic rings. The Kier molecular flexibility index (Phi) is 19.8. The summed E-state index contributed by atoms with van der Waals surface area (Å²) in [5.41, 5.74) is 15.3. The predicted octanol–water partition coefficient (Wildman–Crippen LogP) is 11.4. The van der Waals surface area contributed by atoms with Gasteiger partial charge in [0.05, 0.1) is 36.7 Å². The highest BCUT2D eigenvalue weighted by Crippen LogP contribution is 2.42. The molecule has 3 atom stereocenters. The molecule has 0 bridgehead atoms. The maximum Gasteiger partial charge on any atom is 0.387 e. The van der Waals surface area contributed by atoms with E-state index in [4.69, 9.17) is 65.6 Å². The number of sulfonamides is 1. The van der Waals surface area contributed by atoms with Crippen LogP contribution in [0.1, 0.15) is 90.7 Å². The molecule has 466 valence electrons. The molecular formula is C64H50Cl3N11O11S3. The van der Waals surface area contributed by atoms with Crippen LogP contribution in [-0.2, 0) is 24.4 Å². The molecule has 6 heterocycles. The molecule has 0 unspecified atom stereocenters. The fourth-order valence-electron chi connectivity index (χ4n) is 10.2. The van der Waals surface area contributed by atoms with Gasteiger partial charge in [-0.15, -0.1) is 27.4 Å². The van der Waals surface area contributed by atoms with E-state index < -0.39 is 21.8 Å². The predicted molar refractivity (Wildman–Crippen MR) is 345 cm³/mol. The van der Waals surface area contributed by atoms with E-state index in [1.165, 1.54) is 29.7 Å². The summed E-state index contributed by atoms with van der Waals surface area (Å²) < 4.78 is 41.1. The zero-order valence-electron chi connectivity index (χ0n) is 48.1. The number of halogens is 3. The third kappa shape index (κ3) is 14.9. The first-order valence-electron chi connectivity index (χ1n) is 27.7. The number of aryl methyl sites for hydroxylation is 1. The van der Waals surface area contributed by atoms with E-state index in [0.29, 0.717) is 114 Å². The average molecular weight is 1350 g/mol. The van der Waals surface area contributed by atoms with Crippen LogP contribution in [0.3, 0.4) is 0 Å². The van der Waals surface area contributed by atoms with Crippen molar-refractivity contribution >= 4 is 114 Å². The molecule has 3 aromatic heterocycles. The highest BCUT2D eigenvalue weighted by atomic mass is 35.5. The van der Waals surface area contributed by atoms with E-state index in [1.807, 2.05) is 18.2 Å². The Bertz CT molecular complexity index is 4370. The molecule has 0 spiro atoms. The number of primary amides is 2. The lowest BCUT2D eigenvalue weighted by molar-refractivity contribution is -0.611. The molecule has 0 radical (unpaired) electrons. The number of amides is 5. The Hall–Kier alpha value is -9.96. The number of pyridine rings is 1. The van der Waals surface area contributed by atoms with E-state index in [1.54, 1.807) is 142 Å².